The fourth-order valence-corrected chi connectivity index (χ4v) is 6.05. The molecule has 6 nitrogen and oxygen atoms in total. The first kappa shape index (κ1) is 19.8. The van der Waals surface area contributed by atoms with E-state index < -0.39 is 0 Å². The topological polar surface area (TPSA) is 71.3 Å². The first-order valence-corrected chi connectivity index (χ1v) is 12.2. The van der Waals surface area contributed by atoms with Gasteiger partial charge in [-0.15, -0.1) is 0 Å². The van der Waals surface area contributed by atoms with Crippen LogP contribution < -0.4 is 4.90 Å². The molecule has 0 saturated heterocycles. The number of aliphatic imine (C=N–C) groups is 1. The number of benzene rings is 1. The molecule has 3 aromatic rings. The van der Waals surface area contributed by atoms with Gasteiger partial charge in [-0.3, -0.25) is 14.8 Å². The molecule has 4 heterocycles. The molecule has 1 unspecified atom stereocenters. The highest BCUT2D eigenvalue weighted by Crippen LogP contribution is 2.47. The molecule has 2 aliphatic carbocycles. The van der Waals surface area contributed by atoms with Crippen LogP contribution in [0, 0.1) is 5.41 Å². The van der Waals surface area contributed by atoms with Gasteiger partial charge in [0, 0.05) is 23.7 Å². The quantitative estimate of drug-likeness (QED) is 0.546. The maximum absolute atomic E-state index is 13.2. The fourth-order valence-electron chi connectivity index (χ4n) is 6.05. The number of fused-ring (bicyclic) bond motifs is 3. The minimum absolute atomic E-state index is 0.274. The van der Waals surface area contributed by atoms with Gasteiger partial charge in [-0.05, 0) is 61.8 Å². The summed E-state index contributed by atoms with van der Waals surface area (Å²) in [7, 11) is 0. The molecule has 0 bridgehead atoms. The molecule has 168 valence electrons. The molecule has 4 aliphatic rings. The summed E-state index contributed by atoms with van der Waals surface area (Å²) in [6, 6.07) is 12.2. The lowest BCUT2D eigenvalue weighted by Gasteiger charge is -2.31. The zero-order valence-electron chi connectivity index (χ0n) is 19.0. The van der Waals surface area contributed by atoms with E-state index in [-0.39, 0.29) is 5.41 Å². The van der Waals surface area contributed by atoms with Gasteiger partial charge in [-0.1, -0.05) is 30.3 Å². The van der Waals surface area contributed by atoms with Crippen molar-refractivity contribution in [1.29, 1.82) is 0 Å². The van der Waals surface area contributed by atoms with E-state index >= 15 is 0 Å². The lowest BCUT2D eigenvalue weighted by molar-refractivity contribution is 0.0805. The zero-order chi connectivity index (χ0) is 22.7. The number of pyridine rings is 1. The summed E-state index contributed by atoms with van der Waals surface area (Å²) in [5, 5.41) is 0. The lowest BCUT2D eigenvalue weighted by Crippen LogP contribution is -2.36. The van der Waals surface area contributed by atoms with E-state index in [1.54, 1.807) is 0 Å². The van der Waals surface area contributed by atoms with Crippen LogP contribution in [0.25, 0.3) is 5.57 Å². The van der Waals surface area contributed by atoms with Crippen molar-refractivity contribution in [2.24, 2.45) is 10.4 Å². The highest BCUT2D eigenvalue weighted by atomic mass is 16.1. The molecule has 34 heavy (non-hydrogen) atoms. The second-order valence-electron chi connectivity index (χ2n) is 9.79. The largest absolute Gasteiger partial charge is 0.323 e. The Balaban J connectivity index is 1.14. The highest BCUT2D eigenvalue weighted by molar-refractivity contribution is 6.11. The number of anilines is 1. The summed E-state index contributed by atoms with van der Waals surface area (Å²) in [5.74, 6) is 1.22. The Morgan fingerprint density at radius 1 is 1.00 bits per heavy atom. The van der Waals surface area contributed by atoms with Gasteiger partial charge in [-0.25, -0.2) is 9.97 Å². The molecule has 0 saturated carbocycles. The number of amidine groups is 1. The maximum atomic E-state index is 13.2. The van der Waals surface area contributed by atoms with Crippen molar-refractivity contribution in [2.45, 2.75) is 45.1 Å². The molecule has 0 amide bonds. The van der Waals surface area contributed by atoms with Gasteiger partial charge in [0.1, 0.15) is 5.69 Å². The van der Waals surface area contributed by atoms with Crippen LogP contribution in [0.4, 0.5) is 5.69 Å². The van der Waals surface area contributed by atoms with Crippen LogP contribution in [0.1, 0.15) is 64.4 Å². The first-order chi connectivity index (χ1) is 16.7. The molecule has 2 aromatic heterocycles. The van der Waals surface area contributed by atoms with E-state index in [1.807, 2.05) is 36.7 Å². The molecule has 0 N–H and O–H groups in total. The zero-order valence-corrected chi connectivity index (χ0v) is 19.0. The third-order valence-corrected chi connectivity index (χ3v) is 7.86. The summed E-state index contributed by atoms with van der Waals surface area (Å²) in [5.41, 5.74) is 8.04. The minimum Gasteiger partial charge on any atom is -0.323 e. The van der Waals surface area contributed by atoms with Gasteiger partial charge in [0.2, 0.25) is 0 Å². The summed E-state index contributed by atoms with van der Waals surface area (Å²) in [4.78, 5) is 34.6. The summed E-state index contributed by atoms with van der Waals surface area (Å²) in [6.45, 7) is 1.48. The number of hydrogen-bond donors (Lipinski definition) is 0. The molecular formula is C28H25N5O. The normalized spacial score (nSPS) is 22.8. The van der Waals surface area contributed by atoms with Gasteiger partial charge in [0.25, 0.3) is 0 Å². The number of carbonyl (C=O) groups excluding carboxylic acids is 1. The van der Waals surface area contributed by atoms with Crippen LogP contribution in [0.5, 0.6) is 0 Å². The predicted molar refractivity (Wildman–Crippen MR) is 131 cm³/mol. The Hall–Kier alpha value is -3.67. The molecular weight excluding hydrogens is 422 g/mol. The minimum atomic E-state index is -0.274. The monoisotopic (exact) mass is 447 g/mol. The van der Waals surface area contributed by atoms with Crippen molar-refractivity contribution >= 4 is 22.9 Å². The van der Waals surface area contributed by atoms with E-state index in [1.165, 1.54) is 11.1 Å². The highest BCUT2D eigenvalue weighted by Gasteiger charge is 2.45. The van der Waals surface area contributed by atoms with E-state index in [9.17, 15) is 4.79 Å². The standard InChI is InChI=1S/C28H25N5O/c34-26-20-6-2-1-5-19(20)15-28(26)11-9-18(10-12-28)22-16-30-25-23(32-22)17-31-27(25)33-14-4-7-21-24(33)8-3-13-29-21/h1-3,5-6,8-9,13,16H,4,7,10-12,14-15,17H2. The molecule has 1 aromatic carbocycles. The Morgan fingerprint density at radius 3 is 2.82 bits per heavy atom. The van der Waals surface area contributed by atoms with Crippen molar-refractivity contribution < 1.29 is 4.79 Å². The molecule has 2 aliphatic heterocycles. The molecule has 6 heteroatoms. The molecule has 0 fully saturated rings. The fraction of sp³-hybridized carbons (Fsp3) is 0.321. The Kier molecular flexibility index (Phi) is 4.31. The lowest BCUT2D eigenvalue weighted by atomic mass is 9.71. The van der Waals surface area contributed by atoms with Crippen LogP contribution in [-0.2, 0) is 19.4 Å². The first-order valence-electron chi connectivity index (χ1n) is 12.2. The van der Waals surface area contributed by atoms with Crippen molar-refractivity contribution in [1.82, 2.24) is 15.0 Å². The summed E-state index contributed by atoms with van der Waals surface area (Å²) < 4.78 is 0. The Bertz CT molecular complexity index is 1410. The van der Waals surface area contributed by atoms with Gasteiger partial charge >= 0.3 is 0 Å². The van der Waals surface area contributed by atoms with E-state index in [2.05, 4.69) is 28.1 Å². The number of rotatable bonds is 1. The summed E-state index contributed by atoms with van der Waals surface area (Å²) in [6.07, 6.45) is 11.4. The smallest absolute Gasteiger partial charge is 0.169 e. The molecule has 1 atom stereocenters. The number of hydrogen-bond acceptors (Lipinski definition) is 6. The van der Waals surface area contributed by atoms with Crippen LogP contribution in [0.15, 0.2) is 59.9 Å². The van der Waals surface area contributed by atoms with Crippen molar-refractivity contribution in [3.63, 3.8) is 0 Å². The maximum Gasteiger partial charge on any atom is 0.169 e. The van der Waals surface area contributed by atoms with Crippen molar-refractivity contribution in [2.75, 3.05) is 11.4 Å². The number of nitrogens with zero attached hydrogens (tertiary/aromatic N) is 5. The second kappa shape index (κ2) is 7.42. The van der Waals surface area contributed by atoms with Gasteiger partial charge < -0.3 is 4.90 Å². The third kappa shape index (κ3) is 2.91. The van der Waals surface area contributed by atoms with Crippen LogP contribution >= 0.6 is 0 Å². The number of aromatic nitrogens is 3. The van der Waals surface area contributed by atoms with Crippen LogP contribution in [0.3, 0.4) is 0 Å². The molecule has 0 radical (unpaired) electrons. The average Bonchev–Trinajstić information content (AvgIpc) is 3.43. The molecule has 7 rings (SSSR count). The van der Waals surface area contributed by atoms with Gasteiger partial charge in [0.05, 0.1) is 35.5 Å². The van der Waals surface area contributed by atoms with Crippen molar-refractivity contribution in [3.8, 4) is 0 Å². The number of ketones is 1. The van der Waals surface area contributed by atoms with E-state index in [4.69, 9.17) is 15.0 Å². The third-order valence-electron chi connectivity index (χ3n) is 7.86. The Labute approximate surface area is 198 Å². The number of aryl methyl sites for hydroxylation is 1. The van der Waals surface area contributed by atoms with Crippen LogP contribution in [-0.4, -0.2) is 33.1 Å². The number of Topliss-reactive ketones (excluding diaryl/α,β-unsaturated/α-hetero) is 1. The predicted octanol–water partition coefficient (Wildman–Crippen LogP) is 4.58. The SMILES string of the molecule is O=C1c2ccccc2CC12CC=C(c1cnc3c(n1)CN=C3N1CCCc3ncccc31)CC2. The summed E-state index contributed by atoms with van der Waals surface area (Å²) >= 11 is 0. The van der Waals surface area contributed by atoms with Crippen molar-refractivity contribution in [3.05, 3.63) is 88.8 Å². The van der Waals surface area contributed by atoms with Crippen LogP contribution in [0.2, 0.25) is 0 Å². The average molecular weight is 448 g/mol. The Morgan fingerprint density at radius 2 is 1.94 bits per heavy atom. The number of allylic oxidation sites excluding steroid dienone is 2. The van der Waals surface area contributed by atoms with E-state index in [0.717, 1.165) is 84.9 Å². The second-order valence-corrected chi connectivity index (χ2v) is 9.79. The van der Waals surface area contributed by atoms with Gasteiger partial charge in [-0.2, -0.15) is 0 Å². The van der Waals surface area contributed by atoms with E-state index in [0.29, 0.717) is 12.3 Å². The number of carbonyl (C=O) groups is 1. The molecule has 1 spiro atoms. The van der Waals surface area contributed by atoms with Gasteiger partial charge in [0.15, 0.2) is 11.6 Å².